The smallest absolute Gasteiger partial charge is 0.407 e. The van der Waals surface area contributed by atoms with Gasteiger partial charge in [-0.15, -0.1) is 0 Å². The SMILES string of the molecule is CC(C)(C)OC(=O)NCc1ccccc1NCc1cc(Cl)ccc1F. The second-order valence-corrected chi connectivity index (χ2v) is 7.04. The first kappa shape index (κ1) is 19.1. The van der Waals surface area contributed by atoms with Gasteiger partial charge in [0.05, 0.1) is 0 Å². The van der Waals surface area contributed by atoms with E-state index >= 15 is 0 Å². The maximum atomic E-state index is 13.8. The summed E-state index contributed by atoms with van der Waals surface area (Å²) in [6.45, 7) is 6.01. The highest BCUT2D eigenvalue weighted by Gasteiger charge is 2.16. The van der Waals surface area contributed by atoms with Crippen molar-refractivity contribution in [3.63, 3.8) is 0 Å². The molecule has 4 nitrogen and oxygen atoms in total. The Hall–Kier alpha value is -2.27. The average Bonchev–Trinajstić information content (AvgIpc) is 2.53. The Morgan fingerprint density at radius 2 is 1.84 bits per heavy atom. The van der Waals surface area contributed by atoms with Gasteiger partial charge in [-0.2, -0.15) is 0 Å². The zero-order valence-electron chi connectivity index (χ0n) is 14.5. The highest BCUT2D eigenvalue weighted by molar-refractivity contribution is 6.30. The van der Waals surface area contributed by atoms with E-state index in [4.69, 9.17) is 16.3 Å². The zero-order valence-corrected chi connectivity index (χ0v) is 15.3. The lowest BCUT2D eigenvalue weighted by Gasteiger charge is -2.20. The summed E-state index contributed by atoms with van der Waals surface area (Å²) in [4.78, 5) is 11.8. The molecule has 134 valence electrons. The van der Waals surface area contributed by atoms with Crippen LogP contribution in [0.2, 0.25) is 5.02 Å². The number of amides is 1. The second kappa shape index (κ2) is 8.21. The highest BCUT2D eigenvalue weighted by atomic mass is 35.5. The topological polar surface area (TPSA) is 50.4 Å². The number of rotatable bonds is 5. The molecule has 2 aromatic rings. The van der Waals surface area contributed by atoms with E-state index in [1.54, 1.807) is 6.07 Å². The zero-order chi connectivity index (χ0) is 18.4. The molecule has 0 fully saturated rings. The molecule has 2 aromatic carbocycles. The summed E-state index contributed by atoms with van der Waals surface area (Å²) in [5.41, 5.74) is 1.60. The summed E-state index contributed by atoms with van der Waals surface area (Å²) in [6, 6.07) is 11.9. The maximum absolute atomic E-state index is 13.8. The van der Waals surface area contributed by atoms with Crippen molar-refractivity contribution in [3.8, 4) is 0 Å². The van der Waals surface area contributed by atoms with Crippen molar-refractivity contribution < 1.29 is 13.9 Å². The molecule has 0 aliphatic carbocycles. The van der Waals surface area contributed by atoms with Gasteiger partial charge in [-0.05, 0) is 50.6 Å². The van der Waals surface area contributed by atoms with Crippen LogP contribution in [0.25, 0.3) is 0 Å². The Morgan fingerprint density at radius 3 is 2.56 bits per heavy atom. The van der Waals surface area contributed by atoms with Gasteiger partial charge in [-0.1, -0.05) is 29.8 Å². The minimum absolute atomic E-state index is 0.288. The number of carbonyl (C=O) groups is 1. The maximum Gasteiger partial charge on any atom is 0.407 e. The molecule has 0 aliphatic rings. The number of nitrogens with one attached hydrogen (secondary N) is 2. The van der Waals surface area contributed by atoms with Gasteiger partial charge in [-0.3, -0.25) is 0 Å². The van der Waals surface area contributed by atoms with Crippen molar-refractivity contribution in [2.45, 2.75) is 39.5 Å². The molecule has 0 aliphatic heterocycles. The van der Waals surface area contributed by atoms with E-state index < -0.39 is 11.7 Å². The Kier molecular flexibility index (Phi) is 6.26. The molecule has 0 unspecified atom stereocenters. The lowest BCUT2D eigenvalue weighted by Crippen LogP contribution is -2.32. The van der Waals surface area contributed by atoms with Crippen LogP contribution in [0.1, 0.15) is 31.9 Å². The van der Waals surface area contributed by atoms with Crippen LogP contribution in [-0.4, -0.2) is 11.7 Å². The number of carbonyl (C=O) groups excluding carboxylic acids is 1. The van der Waals surface area contributed by atoms with Crippen molar-refractivity contribution in [1.29, 1.82) is 0 Å². The van der Waals surface area contributed by atoms with Gasteiger partial charge in [0, 0.05) is 29.4 Å². The third kappa shape index (κ3) is 6.27. The highest BCUT2D eigenvalue weighted by Crippen LogP contribution is 2.19. The van der Waals surface area contributed by atoms with Gasteiger partial charge in [0.1, 0.15) is 11.4 Å². The number of benzene rings is 2. The van der Waals surface area contributed by atoms with E-state index in [-0.39, 0.29) is 12.4 Å². The molecular weight excluding hydrogens is 343 g/mol. The molecular formula is C19H22ClFN2O2. The predicted octanol–water partition coefficient (Wildman–Crippen LogP) is 5.12. The lowest BCUT2D eigenvalue weighted by atomic mass is 10.1. The average molecular weight is 365 g/mol. The summed E-state index contributed by atoms with van der Waals surface area (Å²) in [5, 5.41) is 6.38. The van der Waals surface area contributed by atoms with Crippen molar-refractivity contribution in [1.82, 2.24) is 5.32 Å². The molecule has 1 amide bonds. The number of ether oxygens (including phenoxy) is 1. The van der Waals surface area contributed by atoms with Gasteiger partial charge in [0.15, 0.2) is 0 Å². The molecule has 6 heteroatoms. The van der Waals surface area contributed by atoms with E-state index in [0.717, 1.165) is 11.3 Å². The van der Waals surface area contributed by atoms with Crippen LogP contribution in [-0.2, 0) is 17.8 Å². The summed E-state index contributed by atoms with van der Waals surface area (Å²) in [7, 11) is 0. The molecule has 0 aromatic heterocycles. The lowest BCUT2D eigenvalue weighted by molar-refractivity contribution is 0.0523. The molecule has 0 bridgehead atoms. The number of anilines is 1. The second-order valence-electron chi connectivity index (χ2n) is 6.60. The normalized spacial score (nSPS) is 11.1. The van der Waals surface area contributed by atoms with Crippen LogP contribution in [0.3, 0.4) is 0 Å². The Balaban J connectivity index is 2.00. The van der Waals surface area contributed by atoms with Crippen LogP contribution in [0, 0.1) is 5.82 Å². The summed E-state index contributed by atoms with van der Waals surface area (Å²) >= 11 is 5.91. The molecule has 0 saturated heterocycles. The summed E-state index contributed by atoms with van der Waals surface area (Å²) in [5.74, 6) is -0.318. The molecule has 2 rings (SSSR count). The van der Waals surface area contributed by atoms with Crippen LogP contribution in [0.15, 0.2) is 42.5 Å². The Labute approximate surface area is 152 Å². The standard InChI is InChI=1S/C19H22ClFN2O2/c1-19(2,3)25-18(24)23-11-13-6-4-5-7-17(13)22-12-14-10-15(20)8-9-16(14)21/h4-10,22H,11-12H2,1-3H3,(H,23,24). The fraction of sp³-hybridized carbons (Fsp3) is 0.316. The van der Waals surface area contributed by atoms with Gasteiger partial charge < -0.3 is 15.4 Å². The first-order chi connectivity index (χ1) is 11.7. The molecule has 0 atom stereocenters. The van der Waals surface area contributed by atoms with Gasteiger partial charge in [0.2, 0.25) is 0 Å². The Bertz CT molecular complexity index is 744. The van der Waals surface area contributed by atoms with Crippen molar-refractivity contribution in [3.05, 3.63) is 64.4 Å². The van der Waals surface area contributed by atoms with Gasteiger partial charge in [-0.25, -0.2) is 9.18 Å². The van der Waals surface area contributed by atoms with E-state index in [0.29, 0.717) is 17.1 Å². The van der Waals surface area contributed by atoms with Crippen LogP contribution < -0.4 is 10.6 Å². The monoisotopic (exact) mass is 364 g/mol. The fourth-order valence-electron chi connectivity index (χ4n) is 2.20. The van der Waals surface area contributed by atoms with Crippen molar-refractivity contribution >= 4 is 23.4 Å². The van der Waals surface area contributed by atoms with E-state index in [9.17, 15) is 9.18 Å². The van der Waals surface area contributed by atoms with Gasteiger partial charge >= 0.3 is 6.09 Å². The number of hydrogen-bond donors (Lipinski definition) is 2. The molecule has 0 radical (unpaired) electrons. The summed E-state index contributed by atoms with van der Waals surface area (Å²) in [6.07, 6.45) is -0.483. The third-order valence-corrected chi connectivity index (χ3v) is 3.55. The summed E-state index contributed by atoms with van der Waals surface area (Å²) < 4.78 is 19.0. The minimum Gasteiger partial charge on any atom is -0.444 e. The van der Waals surface area contributed by atoms with Crippen molar-refractivity contribution in [2.24, 2.45) is 0 Å². The quantitative estimate of drug-likeness (QED) is 0.774. The first-order valence-electron chi connectivity index (χ1n) is 7.97. The van der Waals surface area contributed by atoms with E-state index in [2.05, 4.69) is 10.6 Å². The number of hydrogen-bond acceptors (Lipinski definition) is 3. The Morgan fingerprint density at radius 1 is 1.12 bits per heavy atom. The predicted molar refractivity (Wildman–Crippen MR) is 98.3 cm³/mol. The van der Waals surface area contributed by atoms with Gasteiger partial charge in [0.25, 0.3) is 0 Å². The number of para-hydroxylation sites is 1. The largest absolute Gasteiger partial charge is 0.444 e. The molecule has 25 heavy (non-hydrogen) atoms. The van der Waals surface area contributed by atoms with E-state index in [1.807, 2.05) is 45.0 Å². The third-order valence-electron chi connectivity index (χ3n) is 3.32. The van der Waals surface area contributed by atoms with Crippen LogP contribution >= 0.6 is 11.6 Å². The minimum atomic E-state index is -0.550. The fourth-order valence-corrected chi connectivity index (χ4v) is 2.39. The van der Waals surface area contributed by atoms with Crippen molar-refractivity contribution in [2.75, 3.05) is 5.32 Å². The molecule has 2 N–H and O–H groups in total. The van der Waals surface area contributed by atoms with Crippen LogP contribution in [0.5, 0.6) is 0 Å². The number of halogens is 2. The molecule has 0 saturated carbocycles. The van der Waals surface area contributed by atoms with E-state index in [1.165, 1.54) is 12.1 Å². The molecule has 0 heterocycles. The molecule has 0 spiro atoms. The first-order valence-corrected chi connectivity index (χ1v) is 8.35. The van der Waals surface area contributed by atoms with Crippen LogP contribution in [0.4, 0.5) is 14.9 Å². The number of alkyl carbamates (subject to hydrolysis) is 1.